The third kappa shape index (κ3) is 3.98. The lowest BCUT2D eigenvalue weighted by molar-refractivity contribution is -0.119. The fraction of sp³-hybridized carbons (Fsp3) is 0.125. The molecule has 7 heteroatoms. The number of ether oxygens (including phenoxy) is 1. The Morgan fingerprint density at radius 3 is 2.35 bits per heavy atom. The molecule has 0 aliphatic heterocycles. The average molecular weight is 415 g/mol. The van der Waals surface area contributed by atoms with Crippen molar-refractivity contribution < 1.29 is 14.3 Å². The van der Waals surface area contributed by atoms with Crippen LogP contribution in [0.5, 0.6) is 0 Å². The summed E-state index contributed by atoms with van der Waals surface area (Å²) in [6, 6.07) is 22.0. The quantitative estimate of drug-likeness (QED) is 0.506. The maximum Gasteiger partial charge on any atom is 0.338 e. The first-order chi connectivity index (χ1) is 15.0. The maximum atomic E-state index is 12.9. The van der Waals surface area contributed by atoms with E-state index in [2.05, 4.69) is 5.32 Å². The molecule has 1 heterocycles. The first-order valence-electron chi connectivity index (χ1n) is 9.75. The van der Waals surface area contributed by atoms with Crippen LogP contribution in [0.3, 0.4) is 0 Å². The lowest BCUT2D eigenvalue weighted by Gasteiger charge is -2.07. The van der Waals surface area contributed by atoms with Crippen LogP contribution >= 0.6 is 0 Å². The van der Waals surface area contributed by atoms with E-state index in [4.69, 9.17) is 4.74 Å². The number of anilines is 1. The van der Waals surface area contributed by atoms with Crippen LogP contribution < -0.4 is 10.9 Å². The monoisotopic (exact) mass is 415 g/mol. The van der Waals surface area contributed by atoms with Crippen molar-refractivity contribution in [3.05, 3.63) is 94.4 Å². The number of para-hydroxylation sites is 1. The summed E-state index contributed by atoms with van der Waals surface area (Å²) in [5.74, 6) is -1.19. The molecule has 7 nitrogen and oxygen atoms in total. The van der Waals surface area contributed by atoms with E-state index < -0.39 is 18.5 Å². The number of nitrogens with zero attached hydrogens (tertiary/aromatic N) is 2. The van der Waals surface area contributed by atoms with Crippen molar-refractivity contribution in [2.75, 3.05) is 11.9 Å². The number of amides is 1. The number of carbonyl (C=O) groups is 2. The molecule has 0 saturated heterocycles. The number of carbonyl (C=O) groups excluding carboxylic acids is 2. The molecule has 0 radical (unpaired) electrons. The molecule has 1 amide bonds. The number of hydrogen-bond acceptors (Lipinski definition) is 4. The third-order valence-corrected chi connectivity index (χ3v) is 5.14. The van der Waals surface area contributed by atoms with E-state index in [0.717, 1.165) is 10.8 Å². The zero-order chi connectivity index (χ0) is 22.0. The fourth-order valence-corrected chi connectivity index (χ4v) is 3.42. The summed E-state index contributed by atoms with van der Waals surface area (Å²) in [5.41, 5.74) is 1.41. The summed E-state index contributed by atoms with van der Waals surface area (Å²) in [6.45, 7) is 1.24. The smallest absolute Gasteiger partial charge is 0.338 e. The Bertz CT molecular complexity index is 1340. The Balaban J connectivity index is 1.46. The van der Waals surface area contributed by atoms with Gasteiger partial charge in [-0.15, -0.1) is 0 Å². The van der Waals surface area contributed by atoms with Crippen LogP contribution in [0.2, 0.25) is 0 Å². The molecule has 0 aliphatic rings. The molecule has 3 aromatic carbocycles. The van der Waals surface area contributed by atoms with Gasteiger partial charge in [-0.2, -0.15) is 0 Å². The minimum Gasteiger partial charge on any atom is -0.452 e. The molecule has 31 heavy (non-hydrogen) atoms. The molecule has 4 aromatic rings. The Morgan fingerprint density at radius 1 is 0.935 bits per heavy atom. The number of rotatable bonds is 5. The predicted octanol–water partition coefficient (Wildman–Crippen LogP) is 3.43. The van der Waals surface area contributed by atoms with Crippen molar-refractivity contribution in [2.45, 2.75) is 6.92 Å². The van der Waals surface area contributed by atoms with Crippen molar-refractivity contribution in [3.63, 3.8) is 0 Å². The number of nitrogens with one attached hydrogen (secondary N) is 1. The molecule has 0 bridgehead atoms. The van der Waals surface area contributed by atoms with Gasteiger partial charge in [0.15, 0.2) is 6.61 Å². The van der Waals surface area contributed by atoms with Gasteiger partial charge in [-0.05, 0) is 42.0 Å². The Kier molecular flexibility index (Phi) is 5.41. The number of esters is 1. The second kappa shape index (κ2) is 8.31. The van der Waals surface area contributed by atoms with Crippen LogP contribution in [0.25, 0.3) is 16.5 Å². The number of hydrogen-bond donors (Lipinski definition) is 1. The molecule has 0 saturated carbocycles. The standard InChI is InChI=1S/C24H21N3O4/c1-16-22(23(29)27(26(16)2)20-10-4-3-5-11-20)25-21(28)15-31-24(30)19-13-12-17-8-6-7-9-18(17)14-19/h3-14H,15H2,1-2H3,(H,25,28). The number of benzene rings is 3. The summed E-state index contributed by atoms with van der Waals surface area (Å²) < 4.78 is 8.27. The minimum absolute atomic E-state index is 0.151. The summed E-state index contributed by atoms with van der Waals surface area (Å²) in [7, 11) is 1.74. The predicted molar refractivity (Wildman–Crippen MR) is 119 cm³/mol. The molecule has 4 rings (SSSR count). The van der Waals surface area contributed by atoms with Crippen molar-refractivity contribution >= 4 is 28.3 Å². The maximum absolute atomic E-state index is 12.9. The minimum atomic E-state index is -0.604. The van der Waals surface area contributed by atoms with E-state index in [1.807, 2.05) is 48.5 Å². The Morgan fingerprint density at radius 2 is 1.61 bits per heavy atom. The van der Waals surface area contributed by atoms with E-state index in [1.165, 1.54) is 4.68 Å². The highest BCUT2D eigenvalue weighted by atomic mass is 16.5. The van der Waals surface area contributed by atoms with Crippen molar-refractivity contribution in [2.24, 2.45) is 7.05 Å². The lowest BCUT2D eigenvalue weighted by atomic mass is 10.1. The molecule has 0 aliphatic carbocycles. The van der Waals surface area contributed by atoms with Crippen LogP contribution in [-0.4, -0.2) is 27.8 Å². The van der Waals surface area contributed by atoms with Gasteiger partial charge in [-0.3, -0.25) is 14.3 Å². The van der Waals surface area contributed by atoms with E-state index in [0.29, 0.717) is 16.9 Å². The van der Waals surface area contributed by atoms with Gasteiger partial charge < -0.3 is 10.1 Å². The van der Waals surface area contributed by atoms with Gasteiger partial charge in [0.1, 0.15) is 5.69 Å². The van der Waals surface area contributed by atoms with E-state index in [1.54, 1.807) is 42.9 Å². The molecule has 0 spiro atoms. The average Bonchev–Trinajstić information content (AvgIpc) is 3.00. The molecule has 0 fully saturated rings. The second-order valence-electron chi connectivity index (χ2n) is 7.12. The van der Waals surface area contributed by atoms with Crippen molar-refractivity contribution in [1.29, 1.82) is 0 Å². The SMILES string of the molecule is Cc1c(NC(=O)COC(=O)c2ccc3ccccc3c2)c(=O)n(-c2ccccc2)n1C. The van der Waals surface area contributed by atoms with Gasteiger partial charge in [0.25, 0.3) is 11.5 Å². The molecule has 0 atom stereocenters. The van der Waals surface area contributed by atoms with E-state index in [-0.39, 0.29) is 11.2 Å². The number of fused-ring (bicyclic) bond motifs is 1. The first kappa shape index (κ1) is 20.2. The summed E-state index contributed by atoms with van der Waals surface area (Å²) >= 11 is 0. The van der Waals surface area contributed by atoms with Crippen LogP contribution in [0.1, 0.15) is 16.1 Å². The summed E-state index contributed by atoms with van der Waals surface area (Å²) in [6.07, 6.45) is 0. The molecular formula is C24H21N3O4. The zero-order valence-electron chi connectivity index (χ0n) is 17.2. The summed E-state index contributed by atoms with van der Waals surface area (Å²) in [5, 5.41) is 4.49. The van der Waals surface area contributed by atoms with E-state index in [9.17, 15) is 14.4 Å². The van der Waals surface area contributed by atoms with Gasteiger partial charge in [0.2, 0.25) is 0 Å². The normalized spacial score (nSPS) is 10.8. The van der Waals surface area contributed by atoms with Gasteiger partial charge >= 0.3 is 5.97 Å². The molecule has 156 valence electrons. The fourth-order valence-electron chi connectivity index (χ4n) is 3.42. The third-order valence-electron chi connectivity index (χ3n) is 5.14. The Labute approximate surface area is 178 Å². The van der Waals surface area contributed by atoms with Crippen LogP contribution in [-0.2, 0) is 16.6 Å². The molecule has 1 N–H and O–H groups in total. The van der Waals surface area contributed by atoms with Crippen LogP contribution in [0.15, 0.2) is 77.6 Å². The topological polar surface area (TPSA) is 82.3 Å². The van der Waals surface area contributed by atoms with Crippen LogP contribution in [0, 0.1) is 6.92 Å². The largest absolute Gasteiger partial charge is 0.452 e. The number of aromatic nitrogens is 2. The molecule has 0 unspecified atom stereocenters. The van der Waals surface area contributed by atoms with Crippen molar-refractivity contribution in [1.82, 2.24) is 9.36 Å². The lowest BCUT2D eigenvalue weighted by Crippen LogP contribution is -2.25. The van der Waals surface area contributed by atoms with E-state index >= 15 is 0 Å². The zero-order valence-corrected chi connectivity index (χ0v) is 17.2. The highest BCUT2D eigenvalue weighted by molar-refractivity contribution is 5.98. The van der Waals surface area contributed by atoms with Crippen LogP contribution in [0.4, 0.5) is 5.69 Å². The first-order valence-corrected chi connectivity index (χ1v) is 9.75. The summed E-state index contributed by atoms with van der Waals surface area (Å²) in [4.78, 5) is 37.6. The van der Waals surface area contributed by atoms with Gasteiger partial charge in [0.05, 0.1) is 16.9 Å². The molecule has 1 aromatic heterocycles. The highest BCUT2D eigenvalue weighted by Gasteiger charge is 2.19. The second-order valence-corrected chi connectivity index (χ2v) is 7.12. The highest BCUT2D eigenvalue weighted by Crippen LogP contribution is 2.17. The van der Waals surface area contributed by atoms with Gasteiger partial charge in [-0.1, -0.05) is 48.5 Å². The van der Waals surface area contributed by atoms with Crippen molar-refractivity contribution in [3.8, 4) is 5.69 Å². The molecular weight excluding hydrogens is 394 g/mol. The Hall–Kier alpha value is -4.13. The van der Waals surface area contributed by atoms with Gasteiger partial charge in [0, 0.05) is 7.05 Å². The van der Waals surface area contributed by atoms with Gasteiger partial charge in [-0.25, -0.2) is 9.48 Å².